The number of amides is 1. The average Bonchev–Trinajstić information content (AvgIpc) is 2.66. The van der Waals surface area contributed by atoms with Crippen molar-refractivity contribution in [3.8, 4) is 0 Å². The molecule has 0 aromatic heterocycles. The lowest BCUT2D eigenvalue weighted by atomic mass is 10.2. The molecule has 1 atom stereocenters. The second-order valence-electron chi connectivity index (χ2n) is 3.90. The molecule has 1 saturated heterocycles. The fraction of sp³-hybridized carbons (Fsp3) is 0.889. The molecule has 1 heterocycles. The Bertz CT molecular complexity index is 171. The van der Waals surface area contributed by atoms with E-state index in [0.717, 1.165) is 25.9 Å². The van der Waals surface area contributed by atoms with Crippen LogP contribution in [0.15, 0.2) is 0 Å². The van der Waals surface area contributed by atoms with Crippen molar-refractivity contribution in [1.82, 2.24) is 10.6 Å². The molecular formula is C9H16N2O. The zero-order valence-electron chi connectivity index (χ0n) is 7.31. The Morgan fingerprint density at radius 3 is 2.83 bits per heavy atom. The molecule has 2 aliphatic rings. The summed E-state index contributed by atoms with van der Waals surface area (Å²) in [6.07, 6.45) is 4.37. The van der Waals surface area contributed by atoms with Crippen LogP contribution in [0.4, 0.5) is 0 Å². The van der Waals surface area contributed by atoms with Crippen molar-refractivity contribution in [3.05, 3.63) is 0 Å². The van der Waals surface area contributed by atoms with Gasteiger partial charge in [-0.2, -0.15) is 0 Å². The third-order valence-electron chi connectivity index (χ3n) is 2.60. The predicted molar refractivity (Wildman–Crippen MR) is 46.8 cm³/mol. The van der Waals surface area contributed by atoms with E-state index in [1.807, 2.05) is 0 Å². The molecule has 1 saturated carbocycles. The number of carbonyl (C=O) groups excluding carboxylic acids is 1. The molecule has 0 aromatic rings. The third-order valence-corrected chi connectivity index (χ3v) is 2.60. The van der Waals surface area contributed by atoms with Gasteiger partial charge in [0.1, 0.15) is 0 Å². The van der Waals surface area contributed by atoms with Crippen LogP contribution in [0.3, 0.4) is 0 Å². The molecule has 1 aliphatic carbocycles. The topological polar surface area (TPSA) is 41.1 Å². The molecule has 1 aliphatic heterocycles. The first kappa shape index (κ1) is 8.05. The van der Waals surface area contributed by atoms with Crippen LogP contribution in [-0.2, 0) is 4.79 Å². The maximum Gasteiger partial charge on any atom is 0.220 e. The lowest BCUT2D eigenvalue weighted by Gasteiger charge is -2.10. The molecule has 0 radical (unpaired) electrons. The Morgan fingerprint density at radius 1 is 1.42 bits per heavy atom. The minimum Gasteiger partial charge on any atom is -0.352 e. The smallest absolute Gasteiger partial charge is 0.220 e. The van der Waals surface area contributed by atoms with Crippen LogP contribution in [-0.4, -0.2) is 25.0 Å². The monoisotopic (exact) mass is 168 g/mol. The molecule has 2 fully saturated rings. The van der Waals surface area contributed by atoms with Gasteiger partial charge in [-0.05, 0) is 31.7 Å². The molecule has 2 rings (SSSR count). The molecule has 0 unspecified atom stereocenters. The van der Waals surface area contributed by atoms with Crippen molar-refractivity contribution in [2.24, 2.45) is 5.92 Å². The second-order valence-corrected chi connectivity index (χ2v) is 3.90. The summed E-state index contributed by atoms with van der Waals surface area (Å²) in [5.41, 5.74) is 0. The number of rotatable bonds is 3. The highest BCUT2D eigenvalue weighted by atomic mass is 16.1. The number of nitrogens with one attached hydrogen (secondary N) is 2. The van der Waals surface area contributed by atoms with E-state index in [9.17, 15) is 4.79 Å². The molecule has 12 heavy (non-hydrogen) atoms. The summed E-state index contributed by atoms with van der Waals surface area (Å²) < 4.78 is 0. The summed E-state index contributed by atoms with van der Waals surface area (Å²) in [5.74, 6) is 0.963. The van der Waals surface area contributed by atoms with E-state index in [0.29, 0.717) is 12.0 Å². The van der Waals surface area contributed by atoms with Crippen LogP contribution in [0.5, 0.6) is 0 Å². The molecule has 0 aromatic carbocycles. The Hall–Kier alpha value is -0.570. The molecule has 0 spiro atoms. The largest absolute Gasteiger partial charge is 0.352 e. The Kier molecular flexibility index (Phi) is 2.30. The minimum absolute atomic E-state index is 0.256. The van der Waals surface area contributed by atoms with E-state index in [1.165, 1.54) is 12.8 Å². The van der Waals surface area contributed by atoms with Gasteiger partial charge in [0.05, 0.1) is 0 Å². The van der Waals surface area contributed by atoms with Gasteiger partial charge in [-0.3, -0.25) is 4.79 Å². The van der Waals surface area contributed by atoms with Crippen LogP contribution in [0, 0.1) is 5.92 Å². The van der Waals surface area contributed by atoms with Gasteiger partial charge in [0, 0.05) is 19.0 Å². The fourth-order valence-corrected chi connectivity index (χ4v) is 1.65. The molecule has 0 bridgehead atoms. The molecular weight excluding hydrogens is 152 g/mol. The van der Waals surface area contributed by atoms with Crippen molar-refractivity contribution in [3.63, 3.8) is 0 Å². The molecule has 3 nitrogen and oxygen atoms in total. The van der Waals surface area contributed by atoms with E-state index in [4.69, 9.17) is 0 Å². The molecule has 1 amide bonds. The van der Waals surface area contributed by atoms with E-state index in [1.54, 1.807) is 0 Å². The van der Waals surface area contributed by atoms with Gasteiger partial charge in [0.15, 0.2) is 0 Å². The summed E-state index contributed by atoms with van der Waals surface area (Å²) in [7, 11) is 0. The van der Waals surface area contributed by atoms with Gasteiger partial charge in [0.25, 0.3) is 0 Å². The number of hydrogen-bond acceptors (Lipinski definition) is 2. The van der Waals surface area contributed by atoms with E-state index in [2.05, 4.69) is 10.6 Å². The van der Waals surface area contributed by atoms with Crippen LogP contribution in [0.25, 0.3) is 0 Å². The highest BCUT2D eigenvalue weighted by Crippen LogP contribution is 2.32. The highest BCUT2D eigenvalue weighted by Gasteiger charge is 2.25. The standard InChI is InChI=1S/C9H16N2O/c12-9(5-7-1-2-7)11-8-3-4-10-6-8/h7-8,10H,1-6H2,(H,11,12)/t8-/m0/s1. The van der Waals surface area contributed by atoms with E-state index < -0.39 is 0 Å². The summed E-state index contributed by atoms with van der Waals surface area (Å²) in [5, 5.41) is 6.28. The number of carbonyl (C=O) groups is 1. The van der Waals surface area contributed by atoms with Crippen molar-refractivity contribution >= 4 is 5.91 Å². The fourth-order valence-electron chi connectivity index (χ4n) is 1.65. The maximum absolute atomic E-state index is 11.3. The number of hydrogen-bond donors (Lipinski definition) is 2. The first-order chi connectivity index (χ1) is 5.84. The summed E-state index contributed by atoms with van der Waals surface area (Å²) in [6, 6.07) is 0.399. The zero-order valence-corrected chi connectivity index (χ0v) is 7.31. The quantitative estimate of drug-likeness (QED) is 0.635. The normalized spacial score (nSPS) is 28.8. The Balaban J connectivity index is 1.66. The van der Waals surface area contributed by atoms with Crippen molar-refractivity contribution in [1.29, 1.82) is 0 Å². The van der Waals surface area contributed by atoms with Gasteiger partial charge >= 0.3 is 0 Å². The maximum atomic E-state index is 11.3. The highest BCUT2D eigenvalue weighted by molar-refractivity contribution is 5.76. The lowest BCUT2D eigenvalue weighted by molar-refractivity contribution is -0.122. The van der Waals surface area contributed by atoms with Gasteiger partial charge in [-0.25, -0.2) is 0 Å². The van der Waals surface area contributed by atoms with Crippen LogP contribution in [0.1, 0.15) is 25.7 Å². The van der Waals surface area contributed by atoms with E-state index in [-0.39, 0.29) is 5.91 Å². The first-order valence-corrected chi connectivity index (χ1v) is 4.84. The first-order valence-electron chi connectivity index (χ1n) is 4.84. The second kappa shape index (κ2) is 3.44. The van der Waals surface area contributed by atoms with Crippen molar-refractivity contribution in [2.45, 2.75) is 31.7 Å². The summed E-state index contributed by atoms with van der Waals surface area (Å²) in [6.45, 7) is 2.00. The van der Waals surface area contributed by atoms with Gasteiger partial charge < -0.3 is 10.6 Å². The van der Waals surface area contributed by atoms with Crippen LogP contribution < -0.4 is 10.6 Å². The SMILES string of the molecule is O=C(CC1CC1)N[C@H]1CCNC1. The van der Waals surface area contributed by atoms with Gasteiger partial charge in [-0.1, -0.05) is 0 Å². The lowest BCUT2D eigenvalue weighted by Crippen LogP contribution is -2.36. The summed E-state index contributed by atoms with van der Waals surface area (Å²) >= 11 is 0. The third kappa shape index (κ3) is 2.21. The van der Waals surface area contributed by atoms with Crippen LogP contribution >= 0.6 is 0 Å². The predicted octanol–water partition coefficient (Wildman–Crippen LogP) is 0.265. The summed E-state index contributed by atoms with van der Waals surface area (Å²) in [4.78, 5) is 11.3. The van der Waals surface area contributed by atoms with Gasteiger partial charge in [0.2, 0.25) is 5.91 Å². The van der Waals surface area contributed by atoms with Crippen molar-refractivity contribution < 1.29 is 4.79 Å². The Morgan fingerprint density at radius 2 is 2.25 bits per heavy atom. The average molecular weight is 168 g/mol. The van der Waals surface area contributed by atoms with E-state index >= 15 is 0 Å². The zero-order chi connectivity index (χ0) is 8.39. The molecule has 68 valence electrons. The van der Waals surface area contributed by atoms with Gasteiger partial charge in [-0.15, -0.1) is 0 Å². The Labute approximate surface area is 72.9 Å². The molecule has 2 N–H and O–H groups in total. The minimum atomic E-state index is 0.256. The molecule has 3 heteroatoms. The van der Waals surface area contributed by atoms with Crippen LogP contribution in [0.2, 0.25) is 0 Å². The van der Waals surface area contributed by atoms with Crippen molar-refractivity contribution in [2.75, 3.05) is 13.1 Å².